The fourth-order valence-electron chi connectivity index (χ4n) is 4.49. The second-order valence-corrected chi connectivity index (χ2v) is 9.18. The first-order valence-electron chi connectivity index (χ1n) is 12.3. The van der Waals surface area contributed by atoms with E-state index in [0.717, 1.165) is 50.2 Å². The molecule has 2 heterocycles. The van der Waals surface area contributed by atoms with Crippen molar-refractivity contribution in [2.45, 2.75) is 52.0 Å². The number of hydrogen-bond donors (Lipinski definition) is 1. The van der Waals surface area contributed by atoms with Gasteiger partial charge in [-0.05, 0) is 68.4 Å². The van der Waals surface area contributed by atoms with Crippen LogP contribution in [-0.4, -0.2) is 34.8 Å². The molecule has 2 aromatic carbocycles. The van der Waals surface area contributed by atoms with Crippen LogP contribution in [0.15, 0.2) is 71.5 Å². The van der Waals surface area contributed by atoms with Gasteiger partial charge in [0, 0.05) is 25.2 Å². The van der Waals surface area contributed by atoms with Crippen LogP contribution in [0.1, 0.15) is 44.2 Å². The van der Waals surface area contributed by atoms with Crippen LogP contribution < -0.4 is 15.8 Å². The van der Waals surface area contributed by atoms with Crippen LogP contribution in [0.2, 0.25) is 0 Å². The van der Waals surface area contributed by atoms with Crippen LogP contribution in [-0.2, 0) is 17.6 Å². The van der Waals surface area contributed by atoms with Gasteiger partial charge >= 0.3 is 0 Å². The minimum Gasteiger partial charge on any atom is -0.354 e. The first-order valence-corrected chi connectivity index (χ1v) is 12.3. The van der Waals surface area contributed by atoms with Crippen LogP contribution in [0.5, 0.6) is 0 Å². The van der Waals surface area contributed by atoms with Crippen molar-refractivity contribution in [1.29, 1.82) is 0 Å². The van der Waals surface area contributed by atoms with E-state index in [1.807, 2.05) is 42.5 Å². The number of carbonyl (C=O) groups excluding carboxylic acids is 1. The monoisotopic (exact) mass is 458 g/mol. The highest BCUT2D eigenvalue weighted by Crippen LogP contribution is 2.22. The van der Waals surface area contributed by atoms with Gasteiger partial charge in [-0.2, -0.15) is 4.68 Å². The molecule has 0 unspecified atom stereocenters. The van der Waals surface area contributed by atoms with E-state index < -0.39 is 0 Å². The molecule has 6 heteroatoms. The van der Waals surface area contributed by atoms with Gasteiger partial charge in [0.05, 0.1) is 11.6 Å². The number of carbonyl (C=O) groups is 1. The Hall–Kier alpha value is -3.41. The normalized spacial score (nSPS) is 16.8. The summed E-state index contributed by atoms with van der Waals surface area (Å²) in [4.78, 5) is 27.6. The summed E-state index contributed by atoms with van der Waals surface area (Å²) in [5, 5.41) is 7.85. The number of hydrogen-bond acceptors (Lipinski definition) is 4. The second kappa shape index (κ2) is 11.1. The third-order valence-electron chi connectivity index (χ3n) is 6.59. The van der Waals surface area contributed by atoms with Crippen molar-refractivity contribution < 1.29 is 4.79 Å². The molecule has 2 atom stereocenters. The molecule has 1 fully saturated rings. The lowest BCUT2D eigenvalue weighted by Gasteiger charge is -2.33. The second-order valence-electron chi connectivity index (χ2n) is 9.18. The molecule has 1 saturated heterocycles. The molecule has 34 heavy (non-hydrogen) atoms. The van der Waals surface area contributed by atoms with Crippen molar-refractivity contribution >= 4 is 11.7 Å². The van der Waals surface area contributed by atoms with Crippen molar-refractivity contribution in [1.82, 2.24) is 15.1 Å². The number of amides is 1. The topological polar surface area (TPSA) is 67.2 Å². The van der Waals surface area contributed by atoms with E-state index in [0.29, 0.717) is 6.54 Å². The van der Waals surface area contributed by atoms with Gasteiger partial charge < -0.3 is 10.2 Å². The number of nitrogens with zero attached hydrogens (tertiary/aromatic N) is 3. The highest BCUT2D eigenvalue weighted by atomic mass is 16.2. The first-order chi connectivity index (χ1) is 16.5. The molecule has 6 nitrogen and oxygen atoms in total. The highest BCUT2D eigenvalue weighted by Gasteiger charge is 2.27. The smallest absolute Gasteiger partial charge is 0.271 e. The maximum atomic E-state index is 13.0. The Morgan fingerprint density at radius 3 is 2.56 bits per heavy atom. The van der Waals surface area contributed by atoms with Gasteiger partial charge in [-0.15, -0.1) is 5.10 Å². The number of aromatic nitrogens is 2. The minimum atomic E-state index is -0.161. The molecule has 178 valence electrons. The van der Waals surface area contributed by atoms with Gasteiger partial charge in [0.2, 0.25) is 5.91 Å². The Morgan fingerprint density at radius 1 is 1.06 bits per heavy atom. The third kappa shape index (κ3) is 5.93. The molecule has 4 rings (SSSR count). The van der Waals surface area contributed by atoms with E-state index in [-0.39, 0.29) is 23.4 Å². The average Bonchev–Trinajstić information content (AvgIpc) is 2.88. The van der Waals surface area contributed by atoms with Crippen molar-refractivity contribution in [3.63, 3.8) is 0 Å². The number of piperidine rings is 1. The zero-order chi connectivity index (χ0) is 23.9. The molecule has 0 saturated carbocycles. The van der Waals surface area contributed by atoms with E-state index in [1.165, 1.54) is 15.8 Å². The Morgan fingerprint density at radius 2 is 1.82 bits per heavy atom. The Kier molecular flexibility index (Phi) is 7.78. The number of anilines is 1. The van der Waals surface area contributed by atoms with Crippen LogP contribution >= 0.6 is 0 Å². The summed E-state index contributed by atoms with van der Waals surface area (Å²) >= 11 is 0. The summed E-state index contributed by atoms with van der Waals surface area (Å²) in [6.07, 6.45) is 4.60. The van der Waals surface area contributed by atoms with Crippen LogP contribution in [0.25, 0.3) is 5.69 Å². The summed E-state index contributed by atoms with van der Waals surface area (Å²) in [6.45, 7) is 5.61. The summed E-state index contributed by atoms with van der Waals surface area (Å²) in [5.74, 6) is 0.751. The zero-order valence-electron chi connectivity index (χ0n) is 20.1. The molecule has 1 N–H and O–H groups in total. The molecule has 0 aliphatic carbocycles. The number of benzene rings is 2. The molecular weight excluding hydrogens is 424 g/mol. The highest BCUT2D eigenvalue weighted by molar-refractivity contribution is 5.79. The maximum Gasteiger partial charge on any atom is 0.271 e. The molecule has 1 aliphatic heterocycles. The van der Waals surface area contributed by atoms with E-state index >= 15 is 0 Å². The van der Waals surface area contributed by atoms with Crippen LogP contribution in [0.4, 0.5) is 5.82 Å². The van der Waals surface area contributed by atoms with E-state index in [1.54, 1.807) is 12.1 Å². The van der Waals surface area contributed by atoms with Gasteiger partial charge in [-0.25, -0.2) is 0 Å². The summed E-state index contributed by atoms with van der Waals surface area (Å²) in [5.41, 5.74) is 3.10. The molecule has 1 aromatic heterocycles. The molecular formula is C28H34N4O2. The summed E-state index contributed by atoms with van der Waals surface area (Å²) < 4.78 is 1.45. The van der Waals surface area contributed by atoms with Crippen molar-refractivity contribution in [2.24, 2.45) is 5.92 Å². The largest absolute Gasteiger partial charge is 0.354 e. The van der Waals surface area contributed by atoms with Gasteiger partial charge in [0.25, 0.3) is 5.56 Å². The van der Waals surface area contributed by atoms with E-state index in [4.69, 9.17) is 0 Å². The number of rotatable bonds is 8. The van der Waals surface area contributed by atoms with Gasteiger partial charge in [-0.1, -0.05) is 49.4 Å². The molecule has 1 aliphatic rings. The fourth-order valence-corrected chi connectivity index (χ4v) is 4.49. The lowest BCUT2D eigenvalue weighted by Crippen LogP contribution is -2.46. The number of aryl methyl sites for hydroxylation is 2. The average molecular weight is 459 g/mol. The SMILES string of the molecule is CCc1ccc(-n2nc(N3CCC[C@H](C(=O)N[C@@H](C)CCc4ccccc4)C3)ccc2=O)cc1. The predicted octanol–water partition coefficient (Wildman–Crippen LogP) is 4.15. The van der Waals surface area contributed by atoms with Crippen LogP contribution in [0, 0.1) is 5.92 Å². The molecule has 0 radical (unpaired) electrons. The summed E-state index contributed by atoms with van der Waals surface area (Å²) in [7, 11) is 0. The molecule has 3 aromatic rings. The Labute approximate surface area is 201 Å². The fraction of sp³-hybridized carbons (Fsp3) is 0.393. The predicted molar refractivity (Wildman–Crippen MR) is 137 cm³/mol. The first kappa shape index (κ1) is 23.7. The standard InChI is InChI=1S/C28H34N4O2/c1-3-22-13-15-25(16-14-22)32-27(33)18-17-26(30-32)31-19-7-10-24(20-31)28(34)29-21(2)11-12-23-8-5-4-6-9-23/h4-6,8-9,13-18,21,24H,3,7,10-12,19-20H2,1-2H3,(H,29,34)/t21-,24-/m0/s1. The van der Waals surface area contributed by atoms with Crippen molar-refractivity contribution in [3.05, 3.63) is 88.2 Å². The molecule has 0 spiro atoms. The van der Waals surface area contributed by atoms with Crippen LogP contribution in [0.3, 0.4) is 0 Å². The zero-order valence-corrected chi connectivity index (χ0v) is 20.1. The molecule has 0 bridgehead atoms. The molecule has 1 amide bonds. The van der Waals surface area contributed by atoms with Gasteiger partial charge in [0.15, 0.2) is 0 Å². The maximum absolute atomic E-state index is 13.0. The van der Waals surface area contributed by atoms with Crippen molar-refractivity contribution in [2.75, 3.05) is 18.0 Å². The Balaban J connectivity index is 1.39. The Bertz CT molecular complexity index is 1140. The van der Waals surface area contributed by atoms with Gasteiger partial charge in [-0.3, -0.25) is 9.59 Å². The minimum absolute atomic E-state index is 0.0843. The quantitative estimate of drug-likeness (QED) is 0.551. The van der Waals surface area contributed by atoms with E-state index in [9.17, 15) is 9.59 Å². The van der Waals surface area contributed by atoms with Crippen molar-refractivity contribution in [3.8, 4) is 5.69 Å². The van der Waals surface area contributed by atoms with E-state index in [2.05, 4.69) is 41.3 Å². The lowest BCUT2D eigenvalue weighted by atomic mass is 9.96. The number of nitrogens with one attached hydrogen (secondary N) is 1. The summed E-state index contributed by atoms with van der Waals surface area (Å²) in [6, 6.07) is 21.7. The third-order valence-corrected chi connectivity index (χ3v) is 6.59. The van der Waals surface area contributed by atoms with Gasteiger partial charge in [0.1, 0.15) is 5.82 Å². The lowest BCUT2D eigenvalue weighted by molar-refractivity contribution is -0.125.